The maximum Gasteiger partial charge on any atom is 0.371 e. The first-order valence-electron chi connectivity index (χ1n) is 6.44. The molecular weight excluding hydrogens is 235 g/mol. The van der Waals surface area contributed by atoms with Gasteiger partial charge in [0.1, 0.15) is 0 Å². The van der Waals surface area contributed by atoms with Crippen LogP contribution in [0.1, 0.15) is 53.4 Å². The summed E-state index contributed by atoms with van der Waals surface area (Å²) in [7, 11) is -3.28. The van der Waals surface area contributed by atoms with Gasteiger partial charge in [-0.1, -0.05) is 26.7 Å². The topological polar surface area (TPSA) is 53.3 Å². The number of rotatable bonds is 9. The molecule has 0 rings (SSSR count). The van der Waals surface area contributed by atoms with Gasteiger partial charge in [-0.05, 0) is 26.7 Å². The van der Waals surface area contributed by atoms with E-state index in [1.165, 1.54) is 0 Å². The zero-order chi connectivity index (χ0) is 13.3. The van der Waals surface area contributed by atoms with Crippen molar-refractivity contribution in [2.45, 2.75) is 59.4 Å². The molecule has 0 aliphatic carbocycles. The third kappa shape index (κ3) is 5.68. The Morgan fingerprint density at radius 1 is 1.29 bits per heavy atom. The molecule has 0 aromatic rings. The van der Waals surface area contributed by atoms with E-state index in [-0.39, 0.29) is 6.04 Å². The van der Waals surface area contributed by atoms with E-state index in [1.807, 2.05) is 26.6 Å². The van der Waals surface area contributed by atoms with Crippen molar-refractivity contribution < 1.29 is 9.09 Å². The van der Waals surface area contributed by atoms with Gasteiger partial charge in [-0.25, -0.2) is 4.67 Å². The standard InChI is InChI=1S/C12H25N2O2P/c1-5-7-8-10-16-17(15,11-13)14(9-6-2)12(3)4/h12H,5-10H2,1-4H3. The molecule has 0 spiro atoms. The first-order chi connectivity index (χ1) is 8.01. The number of hydrogen-bond acceptors (Lipinski definition) is 3. The predicted octanol–water partition coefficient (Wildman–Crippen LogP) is 3.99. The van der Waals surface area contributed by atoms with Gasteiger partial charge in [-0.2, -0.15) is 5.26 Å². The fourth-order valence-electron chi connectivity index (χ4n) is 1.62. The van der Waals surface area contributed by atoms with Crippen LogP contribution in [-0.2, 0) is 9.09 Å². The van der Waals surface area contributed by atoms with Gasteiger partial charge in [-0.3, -0.25) is 4.57 Å². The second kappa shape index (κ2) is 8.69. The van der Waals surface area contributed by atoms with Crippen molar-refractivity contribution in [2.24, 2.45) is 0 Å². The highest BCUT2D eigenvalue weighted by Crippen LogP contribution is 2.51. The van der Waals surface area contributed by atoms with Gasteiger partial charge in [-0.15, -0.1) is 0 Å². The van der Waals surface area contributed by atoms with E-state index in [0.29, 0.717) is 13.2 Å². The minimum Gasteiger partial charge on any atom is -0.307 e. The lowest BCUT2D eigenvalue weighted by Crippen LogP contribution is -2.29. The molecule has 0 radical (unpaired) electrons. The number of unbranched alkanes of at least 4 members (excludes halogenated alkanes) is 2. The van der Waals surface area contributed by atoms with Crippen LogP contribution in [0.15, 0.2) is 0 Å². The van der Waals surface area contributed by atoms with Crippen molar-refractivity contribution in [3.05, 3.63) is 0 Å². The van der Waals surface area contributed by atoms with Crippen LogP contribution in [0.3, 0.4) is 0 Å². The van der Waals surface area contributed by atoms with Gasteiger partial charge < -0.3 is 4.52 Å². The SMILES string of the molecule is CCCCCOP(=O)(C#N)N(CCC)C(C)C. The van der Waals surface area contributed by atoms with E-state index in [4.69, 9.17) is 9.79 Å². The average molecular weight is 260 g/mol. The Bertz CT molecular complexity index is 287. The lowest BCUT2D eigenvalue weighted by molar-refractivity contribution is 0.243. The third-order valence-electron chi connectivity index (χ3n) is 2.53. The molecular formula is C12H25N2O2P. The minimum atomic E-state index is -3.28. The predicted molar refractivity (Wildman–Crippen MR) is 70.8 cm³/mol. The Kier molecular flexibility index (Phi) is 8.51. The molecule has 0 aromatic heterocycles. The van der Waals surface area contributed by atoms with Crippen LogP contribution in [-0.4, -0.2) is 23.9 Å². The molecule has 5 heteroatoms. The van der Waals surface area contributed by atoms with Gasteiger partial charge in [0.05, 0.1) is 6.61 Å². The molecule has 0 bridgehead atoms. The quantitative estimate of drug-likeness (QED) is 0.464. The summed E-state index contributed by atoms with van der Waals surface area (Å²) in [6, 6.07) is 0.0617. The van der Waals surface area contributed by atoms with Crippen LogP contribution < -0.4 is 0 Å². The lowest BCUT2D eigenvalue weighted by atomic mass is 10.3. The largest absolute Gasteiger partial charge is 0.371 e. The molecule has 0 fully saturated rings. The van der Waals surface area contributed by atoms with E-state index < -0.39 is 7.52 Å². The van der Waals surface area contributed by atoms with Gasteiger partial charge in [0, 0.05) is 12.6 Å². The summed E-state index contributed by atoms with van der Waals surface area (Å²) in [5.41, 5.74) is 0. The molecule has 100 valence electrons. The van der Waals surface area contributed by atoms with Crippen molar-refractivity contribution in [2.75, 3.05) is 13.2 Å². The number of hydrogen-bond donors (Lipinski definition) is 0. The van der Waals surface area contributed by atoms with Crippen molar-refractivity contribution in [3.8, 4) is 5.81 Å². The van der Waals surface area contributed by atoms with Crippen LogP contribution in [0.4, 0.5) is 0 Å². The molecule has 0 aliphatic heterocycles. The highest BCUT2D eigenvalue weighted by molar-refractivity contribution is 7.61. The zero-order valence-electron chi connectivity index (χ0n) is 11.5. The summed E-state index contributed by atoms with van der Waals surface area (Å²) in [6.07, 6.45) is 3.85. The van der Waals surface area contributed by atoms with Crippen LogP contribution in [0.25, 0.3) is 0 Å². The van der Waals surface area contributed by atoms with Crippen molar-refractivity contribution in [1.82, 2.24) is 4.67 Å². The second-order valence-corrected chi connectivity index (χ2v) is 6.43. The normalized spacial score (nSPS) is 14.9. The number of nitriles is 1. The molecule has 1 atom stereocenters. The second-order valence-electron chi connectivity index (χ2n) is 4.42. The van der Waals surface area contributed by atoms with Crippen LogP contribution in [0.2, 0.25) is 0 Å². The van der Waals surface area contributed by atoms with Crippen LogP contribution in [0.5, 0.6) is 0 Å². The molecule has 0 N–H and O–H groups in total. The summed E-state index contributed by atoms with van der Waals surface area (Å²) in [5, 5.41) is 9.11. The monoisotopic (exact) mass is 260 g/mol. The zero-order valence-corrected chi connectivity index (χ0v) is 12.4. The van der Waals surface area contributed by atoms with E-state index >= 15 is 0 Å². The fourth-order valence-corrected chi connectivity index (χ4v) is 3.39. The highest BCUT2D eigenvalue weighted by Gasteiger charge is 2.33. The van der Waals surface area contributed by atoms with E-state index in [2.05, 4.69) is 6.92 Å². The van der Waals surface area contributed by atoms with Gasteiger partial charge in [0.2, 0.25) is 0 Å². The molecule has 17 heavy (non-hydrogen) atoms. The maximum absolute atomic E-state index is 12.4. The molecule has 0 amide bonds. The molecule has 0 aromatic carbocycles. The maximum atomic E-state index is 12.4. The first-order valence-corrected chi connectivity index (χ1v) is 8.02. The smallest absolute Gasteiger partial charge is 0.307 e. The number of nitrogens with zero attached hydrogens (tertiary/aromatic N) is 2. The summed E-state index contributed by atoms with van der Waals surface area (Å²) >= 11 is 0. The summed E-state index contributed by atoms with van der Waals surface area (Å²) in [5.74, 6) is 1.88. The minimum absolute atomic E-state index is 0.0617. The van der Waals surface area contributed by atoms with E-state index in [1.54, 1.807) is 4.67 Å². The Balaban J connectivity index is 4.51. The molecule has 0 saturated carbocycles. The van der Waals surface area contributed by atoms with Gasteiger partial charge >= 0.3 is 7.52 Å². The Hall–Kier alpha value is -0.360. The Morgan fingerprint density at radius 2 is 1.94 bits per heavy atom. The van der Waals surface area contributed by atoms with E-state index in [0.717, 1.165) is 25.7 Å². The Morgan fingerprint density at radius 3 is 2.35 bits per heavy atom. The lowest BCUT2D eigenvalue weighted by Gasteiger charge is -2.29. The average Bonchev–Trinajstić information content (AvgIpc) is 2.31. The summed E-state index contributed by atoms with van der Waals surface area (Å²) in [4.78, 5) is 0. The first kappa shape index (κ1) is 16.6. The highest BCUT2D eigenvalue weighted by atomic mass is 31.2. The third-order valence-corrected chi connectivity index (χ3v) is 4.65. The van der Waals surface area contributed by atoms with Crippen LogP contribution >= 0.6 is 7.52 Å². The van der Waals surface area contributed by atoms with Crippen molar-refractivity contribution >= 4 is 7.52 Å². The fraction of sp³-hybridized carbons (Fsp3) is 0.917. The van der Waals surface area contributed by atoms with Crippen molar-refractivity contribution in [3.63, 3.8) is 0 Å². The molecule has 1 unspecified atom stereocenters. The summed E-state index contributed by atoms with van der Waals surface area (Å²) < 4.78 is 19.5. The molecule has 0 saturated heterocycles. The van der Waals surface area contributed by atoms with E-state index in [9.17, 15) is 4.57 Å². The van der Waals surface area contributed by atoms with Crippen molar-refractivity contribution in [1.29, 1.82) is 5.26 Å². The van der Waals surface area contributed by atoms with Crippen LogP contribution in [0, 0.1) is 11.1 Å². The van der Waals surface area contributed by atoms with Gasteiger partial charge in [0.15, 0.2) is 5.81 Å². The van der Waals surface area contributed by atoms with Gasteiger partial charge in [0.25, 0.3) is 0 Å². The Labute approximate surface area is 105 Å². The summed E-state index contributed by atoms with van der Waals surface area (Å²) in [6.45, 7) is 9.03. The molecule has 0 aliphatic rings. The molecule has 0 heterocycles. The molecule has 4 nitrogen and oxygen atoms in total.